The number of carbonyl (C=O) groups excluding carboxylic acids is 2. The molecule has 0 radical (unpaired) electrons. The first-order chi connectivity index (χ1) is 7.25. The van der Waals surface area contributed by atoms with Crippen molar-refractivity contribution in [1.29, 1.82) is 0 Å². The molecule has 0 N–H and O–H groups in total. The summed E-state index contributed by atoms with van der Waals surface area (Å²) in [6, 6.07) is 0. The van der Waals surface area contributed by atoms with Gasteiger partial charge in [-0.05, 0) is 38.5 Å². The van der Waals surface area contributed by atoms with Crippen molar-refractivity contribution >= 4 is 11.9 Å². The van der Waals surface area contributed by atoms with E-state index in [4.69, 9.17) is 4.74 Å². The fourth-order valence-electron chi connectivity index (χ4n) is 3.08. The molecule has 0 amide bonds. The Bertz CT molecular complexity index is 333. The summed E-state index contributed by atoms with van der Waals surface area (Å²) >= 11 is 0. The van der Waals surface area contributed by atoms with E-state index in [1.165, 1.54) is 24.0 Å². The van der Waals surface area contributed by atoms with Crippen LogP contribution in [0.2, 0.25) is 0 Å². The van der Waals surface area contributed by atoms with E-state index in [0.29, 0.717) is 0 Å². The molecule has 3 aliphatic rings. The third-order valence-corrected chi connectivity index (χ3v) is 3.93. The van der Waals surface area contributed by atoms with Gasteiger partial charge in [-0.1, -0.05) is 11.1 Å². The lowest BCUT2D eigenvalue weighted by molar-refractivity contribution is -0.153. The molecule has 1 heterocycles. The molecule has 0 aromatic carbocycles. The molecular formula is C12H14O3. The fraction of sp³-hybridized carbons (Fsp3) is 0.667. The van der Waals surface area contributed by atoms with Gasteiger partial charge in [0.1, 0.15) is 0 Å². The fourth-order valence-corrected chi connectivity index (χ4v) is 3.08. The quantitative estimate of drug-likeness (QED) is 0.346. The maximum Gasteiger partial charge on any atom is 0.317 e. The van der Waals surface area contributed by atoms with Crippen LogP contribution in [0, 0.1) is 11.8 Å². The zero-order chi connectivity index (χ0) is 10.4. The summed E-state index contributed by atoms with van der Waals surface area (Å²) in [5.74, 6) is -0.895. The Balaban J connectivity index is 1.91. The van der Waals surface area contributed by atoms with Crippen molar-refractivity contribution in [1.82, 2.24) is 0 Å². The van der Waals surface area contributed by atoms with E-state index in [-0.39, 0.29) is 23.8 Å². The number of allylic oxidation sites excluding steroid dienone is 2. The SMILES string of the molecule is O=C1OC(=O)[C@H]2CC3=C(CCCC3)C[C@H]12. The van der Waals surface area contributed by atoms with Gasteiger partial charge in [0.25, 0.3) is 0 Å². The molecule has 0 bridgehead atoms. The summed E-state index contributed by atoms with van der Waals surface area (Å²) in [5.41, 5.74) is 2.88. The summed E-state index contributed by atoms with van der Waals surface area (Å²) < 4.78 is 4.71. The standard InChI is InChI=1S/C12H14O3/c13-11-9-5-7-3-1-2-4-8(7)6-10(9)12(14)15-11/h9-10H,1-6H2/t9-,10-/m0/s1. The summed E-state index contributed by atoms with van der Waals surface area (Å²) in [6.07, 6.45) is 6.29. The summed E-state index contributed by atoms with van der Waals surface area (Å²) in [7, 11) is 0. The lowest BCUT2D eigenvalue weighted by Gasteiger charge is -2.29. The lowest BCUT2D eigenvalue weighted by Crippen LogP contribution is -2.25. The predicted molar refractivity (Wildman–Crippen MR) is 52.8 cm³/mol. The number of carbonyl (C=O) groups is 2. The Hall–Kier alpha value is -1.12. The van der Waals surface area contributed by atoms with Crippen LogP contribution in [0.3, 0.4) is 0 Å². The second kappa shape index (κ2) is 3.19. The first-order valence-corrected chi connectivity index (χ1v) is 5.71. The first kappa shape index (κ1) is 9.13. The van der Waals surface area contributed by atoms with Crippen molar-refractivity contribution in [3.05, 3.63) is 11.1 Å². The normalized spacial score (nSPS) is 34.9. The van der Waals surface area contributed by atoms with Gasteiger partial charge in [0.15, 0.2) is 0 Å². The van der Waals surface area contributed by atoms with Crippen LogP contribution < -0.4 is 0 Å². The Morgan fingerprint density at radius 2 is 1.33 bits per heavy atom. The van der Waals surface area contributed by atoms with Gasteiger partial charge in [-0.15, -0.1) is 0 Å². The third-order valence-electron chi connectivity index (χ3n) is 3.93. The Morgan fingerprint density at radius 1 is 0.867 bits per heavy atom. The van der Waals surface area contributed by atoms with Gasteiger partial charge in [0, 0.05) is 0 Å². The predicted octanol–water partition coefficient (Wildman–Crippen LogP) is 1.97. The Labute approximate surface area is 88.5 Å². The van der Waals surface area contributed by atoms with Crippen molar-refractivity contribution in [3.63, 3.8) is 0 Å². The van der Waals surface area contributed by atoms with Crippen molar-refractivity contribution < 1.29 is 14.3 Å². The second-order valence-corrected chi connectivity index (χ2v) is 4.78. The molecule has 15 heavy (non-hydrogen) atoms. The molecular weight excluding hydrogens is 192 g/mol. The zero-order valence-electron chi connectivity index (χ0n) is 8.62. The molecule has 0 unspecified atom stereocenters. The average molecular weight is 206 g/mol. The molecule has 2 aliphatic carbocycles. The highest BCUT2D eigenvalue weighted by Gasteiger charge is 2.47. The van der Waals surface area contributed by atoms with Crippen molar-refractivity contribution in [2.45, 2.75) is 38.5 Å². The highest BCUT2D eigenvalue weighted by molar-refractivity contribution is 5.97. The van der Waals surface area contributed by atoms with E-state index in [1.54, 1.807) is 0 Å². The van der Waals surface area contributed by atoms with Gasteiger partial charge < -0.3 is 4.74 Å². The Kier molecular flexibility index (Phi) is 1.94. The van der Waals surface area contributed by atoms with Gasteiger partial charge in [-0.25, -0.2) is 0 Å². The van der Waals surface area contributed by atoms with E-state index in [2.05, 4.69) is 0 Å². The minimum Gasteiger partial charge on any atom is -0.393 e. The lowest BCUT2D eigenvalue weighted by atomic mass is 9.72. The van der Waals surface area contributed by atoms with E-state index < -0.39 is 0 Å². The van der Waals surface area contributed by atoms with E-state index in [1.807, 2.05) is 0 Å². The molecule has 1 fully saturated rings. The third kappa shape index (κ3) is 1.33. The zero-order valence-corrected chi connectivity index (χ0v) is 8.62. The number of esters is 2. The van der Waals surface area contributed by atoms with Crippen LogP contribution in [0.5, 0.6) is 0 Å². The minimum atomic E-state index is -0.290. The first-order valence-electron chi connectivity index (χ1n) is 5.71. The molecule has 80 valence electrons. The summed E-state index contributed by atoms with van der Waals surface area (Å²) in [6.45, 7) is 0. The molecule has 0 aromatic heterocycles. The van der Waals surface area contributed by atoms with Gasteiger partial charge >= 0.3 is 11.9 Å². The van der Waals surface area contributed by atoms with Crippen molar-refractivity contribution in [3.8, 4) is 0 Å². The monoisotopic (exact) mass is 206 g/mol. The minimum absolute atomic E-state index is 0.158. The molecule has 0 saturated carbocycles. The van der Waals surface area contributed by atoms with Crippen LogP contribution in [0.25, 0.3) is 0 Å². The van der Waals surface area contributed by atoms with E-state index >= 15 is 0 Å². The number of fused-ring (bicyclic) bond motifs is 1. The summed E-state index contributed by atoms with van der Waals surface area (Å²) in [5, 5.41) is 0. The van der Waals surface area contributed by atoms with Gasteiger partial charge in [0.2, 0.25) is 0 Å². The molecule has 1 aliphatic heterocycles. The largest absolute Gasteiger partial charge is 0.393 e. The topological polar surface area (TPSA) is 43.4 Å². The number of hydrogen-bond acceptors (Lipinski definition) is 3. The molecule has 3 nitrogen and oxygen atoms in total. The van der Waals surface area contributed by atoms with Gasteiger partial charge in [-0.2, -0.15) is 0 Å². The Morgan fingerprint density at radius 3 is 1.80 bits per heavy atom. The van der Waals surface area contributed by atoms with Crippen molar-refractivity contribution in [2.24, 2.45) is 11.8 Å². The van der Waals surface area contributed by atoms with Gasteiger partial charge in [0.05, 0.1) is 11.8 Å². The van der Waals surface area contributed by atoms with E-state index in [0.717, 1.165) is 25.7 Å². The van der Waals surface area contributed by atoms with Crippen LogP contribution in [-0.2, 0) is 14.3 Å². The molecule has 1 saturated heterocycles. The number of ether oxygens (including phenoxy) is 1. The number of rotatable bonds is 0. The second-order valence-electron chi connectivity index (χ2n) is 4.78. The van der Waals surface area contributed by atoms with Crippen LogP contribution in [-0.4, -0.2) is 11.9 Å². The van der Waals surface area contributed by atoms with Crippen LogP contribution >= 0.6 is 0 Å². The maximum absolute atomic E-state index is 11.4. The average Bonchev–Trinajstić information content (AvgIpc) is 2.52. The smallest absolute Gasteiger partial charge is 0.317 e. The molecule has 2 atom stereocenters. The molecule has 3 rings (SSSR count). The van der Waals surface area contributed by atoms with Crippen LogP contribution in [0.15, 0.2) is 11.1 Å². The summed E-state index contributed by atoms with van der Waals surface area (Å²) in [4.78, 5) is 22.9. The van der Waals surface area contributed by atoms with E-state index in [9.17, 15) is 9.59 Å². The highest BCUT2D eigenvalue weighted by Crippen LogP contribution is 2.44. The van der Waals surface area contributed by atoms with Gasteiger partial charge in [-0.3, -0.25) is 9.59 Å². The molecule has 0 aromatic rings. The number of cyclic esters (lactones) is 2. The van der Waals surface area contributed by atoms with Crippen LogP contribution in [0.1, 0.15) is 38.5 Å². The van der Waals surface area contributed by atoms with Crippen LogP contribution in [0.4, 0.5) is 0 Å². The molecule has 0 spiro atoms. The van der Waals surface area contributed by atoms with Crippen molar-refractivity contribution in [2.75, 3.05) is 0 Å². The number of hydrogen-bond donors (Lipinski definition) is 0. The maximum atomic E-state index is 11.4. The molecule has 3 heteroatoms. The highest BCUT2D eigenvalue weighted by atomic mass is 16.6.